The third kappa shape index (κ3) is 7.46. The minimum atomic E-state index is -0.107. The predicted octanol–water partition coefficient (Wildman–Crippen LogP) is 6.41. The molecule has 0 aliphatic carbocycles. The van der Waals surface area contributed by atoms with Crippen molar-refractivity contribution in [2.24, 2.45) is 0 Å². The van der Waals surface area contributed by atoms with E-state index in [2.05, 4.69) is 15.9 Å². The van der Waals surface area contributed by atoms with Gasteiger partial charge in [0.2, 0.25) is 0 Å². The zero-order valence-electron chi connectivity index (χ0n) is 18.8. The van der Waals surface area contributed by atoms with Gasteiger partial charge in [-0.05, 0) is 72.8 Å². The van der Waals surface area contributed by atoms with Crippen molar-refractivity contribution >= 4 is 40.2 Å². The smallest absolute Gasteiger partial charge is 0.185 e. The van der Waals surface area contributed by atoms with Crippen molar-refractivity contribution in [1.82, 2.24) is 0 Å². The second kappa shape index (κ2) is 13.2. The minimum absolute atomic E-state index is 0.107. The highest BCUT2D eigenvalue weighted by atomic mass is 79.9. The number of carbonyl (C=O) groups is 2. The van der Waals surface area contributed by atoms with Gasteiger partial charge in [-0.25, -0.2) is 0 Å². The normalized spacial score (nSPS) is 11.0. The summed E-state index contributed by atoms with van der Waals surface area (Å²) in [6.07, 6.45) is 7.83. The van der Waals surface area contributed by atoms with Crippen molar-refractivity contribution in [3.63, 3.8) is 0 Å². The highest BCUT2D eigenvalue weighted by Crippen LogP contribution is 2.25. The summed E-state index contributed by atoms with van der Waals surface area (Å²) in [6, 6.07) is 20.2. The Hall–Kier alpha value is -3.64. The molecule has 0 heterocycles. The first-order valence-corrected chi connectivity index (χ1v) is 11.5. The Morgan fingerprint density at radius 3 is 2.29 bits per heavy atom. The van der Waals surface area contributed by atoms with Crippen molar-refractivity contribution in [2.75, 3.05) is 20.3 Å². The van der Waals surface area contributed by atoms with Crippen molar-refractivity contribution in [1.29, 1.82) is 0 Å². The molecular formula is C28H25BrO5. The summed E-state index contributed by atoms with van der Waals surface area (Å²) in [5.74, 6) is 1.98. The lowest BCUT2D eigenvalue weighted by atomic mass is 10.1. The quantitative estimate of drug-likeness (QED) is 0.119. The number of hydrogen-bond acceptors (Lipinski definition) is 5. The van der Waals surface area contributed by atoms with Crippen LogP contribution in [0.15, 0.2) is 83.4 Å². The number of methoxy groups -OCH3 is 1. The third-order valence-electron chi connectivity index (χ3n) is 4.84. The topological polar surface area (TPSA) is 61.8 Å². The number of halogens is 1. The van der Waals surface area contributed by atoms with Crippen LogP contribution < -0.4 is 14.2 Å². The van der Waals surface area contributed by atoms with Crippen LogP contribution in [0, 0.1) is 0 Å². The molecule has 0 atom stereocenters. The molecule has 0 fully saturated rings. The Morgan fingerprint density at radius 2 is 1.59 bits per heavy atom. The Bertz CT molecular complexity index is 1170. The number of hydrogen-bond donors (Lipinski definition) is 0. The monoisotopic (exact) mass is 520 g/mol. The largest absolute Gasteiger partial charge is 0.497 e. The number of para-hydroxylation sites is 1. The Morgan fingerprint density at radius 1 is 0.882 bits per heavy atom. The molecule has 0 aliphatic rings. The van der Waals surface area contributed by atoms with Gasteiger partial charge in [-0.1, -0.05) is 34.1 Å². The maximum atomic E-state index is 12.5. The molecule has 0 saturated carbocycles. The van der Waals surface area contributed by atoms with Gasteiger partial charge >= 0.3 is 0 Å². The van der Waals surface area contributed by atoms with Crippen molar-refractivity contribution < 1.29 is 23.8 Å². The lowest BCUT2D eigenvalue weighted by Crippen LogP contribution is -2.06. The number of benzene rings is 3. The average Bonchev–Trinajstić information content (AvgIpc) is 2.87. The van der Waals surface area contributed by atoms with E-state index in [0.717, 1.165) is 21.9 Å². The standard InChI is InChI=1S/C28H25BrO5/c1-32-25-13-9-21(10-14-25)26(31)15-11-23-20-24(29)12-16-28(23)34-19-5-18-33-27-8-3-2-6-22(27)7-4-17-30/h2-4,6-17,20H,5,18-19H2,1H3/b7-4+,15-11+. The molecule has 5 nitrogen and oxygen atoms in total. The predicted molar refractivity (Wildman–Crippen MR) is 138 cm³/mol. The molecule has 0 saturated heterocycles. The van der Waals surface area contributed by atoms with E-state index < -0.39 is 0 Å². The van der Waals surface area contributed by atoms with Crippen LogP contribution in [0.3, 0.4) is 0 Å². The van der Waals surface area contributed by atoms with Gasteiger partial charge in [-0.3, -0.25) is 9.59 Å². The summed E-state index contributed by atoms with van der Waals surface area (Å²) in [5, 5.41) is 0. The van der Waals surface area contributed by atoms with Gasteiger partial charge in [0, 0.05) is 27.6 Å². The molecule has 34 heavy (non-hydrogen) atoms. The molecule has 3 aromatic carbocycles. The summed E-state index contributed by atoms with van der Waals surface area (Å²) >= 11 is 3.47. The maximum Gasteiger partial charge on any atom is 0.185 e. The second-order valence-corrected chi connectivity index (χ2v) is 8.11. The Balaban J connectivity index is 1.57. The van der Waals surface area contributed by atoms with E-state index in [9.17, 15) is 9.59 Å². The molecule has 0 aliphatic heterocycles. The van der Waals surface area contributed by atoms with E-state index in [1.807, 2.05) is 42.5 Å². The van der Waals surface area contributed by atoms with E-state index in [-0.39, 0.29) is 5.78 Å². The summed E-state index contributed by atoms with van der Waals surface area (Å²) in [4.78, 5) is 23.1. The molecular weight excluding hydrogens is 496 g/mol. The fourth-order valence-corrected chi connectivity index (χ4v) is 3.49. The van der Waals surface area contributed by atoms with Crippen molar-refractivity contribution in [3.05, 3.63) is 100 Å². The van der Waals surface area contributed by atoms with Crippen LogP contribution >= 0.6 is 15.9 Å². The molecule has 3 rings (SSSR count). The van der Waals surface area contributed by atoms with Crippen LogP contribution in [0.4, 0.5) is 0 Å². The zero-order valence-corrected chi connectivity index (χ0v) is 20.4. The van der Waals surface area contributed by atoms with Gasteiger partial charge in [-0.15, -0.1) is 0 Å². The third-order valence-corrected chi connectivity index (χ3v) is 5.33. The Labute approximate surface area is 207 Å². The van der Waals surface area contributed by atoms with E-state index in [0.29, 0.717) is 42.4 Å². The SMILES string of the molecule is COc1ccc(C(=O)/C=C/c2cc(Br)ccc2OCCCOc2ccccc2/C=C/C=O)cc1. The first kappa shape index (κ1) is 25.0. The second-order valence-electron chi connectivity index (χ2n) is 7.19. The summed E-state index contributed by atoms with van der Waals surface area (Å²) in [5.41, 5.74) is 2.22. The van der Waals surface area contributed by atoms with Gasteiger partial charge in [0.05, 0.1) is 20.3 Å². The zero-order chi connectivity index (χ0) is 24.2. The van der Waals surface area contributed by atoms with Crippen molar-refractivity contribution in [2.45, 2.75) is 6.42 Å². The number of allylic oxidation sites excluding steroid dienone is 2. The van der Waals surface area contributed by atoms with Crippen LogP contribution in [0.5, 0.6) is 17.2 Å². The van der Waals surface area contributed by atoms with Crippen LogP contribution in [-0.2, 0) is 4.79 Å². The number of aldehydes is 1. The molecule has 0 N–H and O–H groups in total. The first-order chi connectivity index (χ1) is 16.6. The number of ketones is 1. The molecule has 0 spiro atoms. The van der Waals surface area contributed by atoms with Crippen LogP contribution in [0.1, 0.15) is 27.9 Å². The molecule has 174 valence electrons. The molecule has 6 heteroatoms. The first-order valence-electron chi connectivity index (χ1n) is 10.7. The summed E-state index contributed by atoms with van der Waals surface area (Å²) in [6.45, 7) is 0.908. The van der Waals surface area contributed by atoms with E-state index >= 15 is 0 Å². The lowest BCUT2D eigenvalue weighted by Gasteiger charge is -2.12. The van der Waals surface area contributed by atoms with E-state index in [1.54, 1.807) is 43.5 Å². The number of ether oxygens (including phenoxy) is 3. The minimum Gasteiger partial charge on any atom is -0.497 e. The van der Waals surface area contributed by atoms with Gasteiger partial charge in [-0.2, -0.15) is 0 Å². The molecule has 0 amide bonds. The van der Waals surface area contributed by atoms with Gasteiger partial charge < -0.3 is 14.2 Å². The summed E-state index contributed by atoms with van der Waals surface area (Å²) < 4.78 is 17.8. The number of carbonyl (C=O) groups excluding carboxylic acids is 2. The molecule has 0 radical (unpaired) electrons. The van der Waals surface area contributed by atoms with Crippen LogP contribution in [0.2, 0.25) is 0 Å². The fourth-order valence-electron chi connectivity index (χ4n) is 3.11. The lowest BCUT2D eigenvalue weighted by molar-refractivity contribution is -0.104. The Kier molecular flexibility index (Phi) is 9.67. The van der Waals surface area contributed by atoms with Crippen LogP contribution in [-0.4, -0.2) is 32.4 Å². The van der Waals surface area contributed by atoms with Crippen molar-refractivity contribution in [3.8, 4) is 17.2 Å². The molecule has 0 bridgehead atoms. The van der Waals surface area contributed by atoms with E-state index in [1.165, 1.54) is 12.2 Å². The van der Waals surface area contributed by atoms with Crippen LogP contribution in [0.25, 0.3) is 12.2 Å². The van der Waals surface area contributed by atoms with Gasteiger partial charge in [0.1, 0.15) is 23.5 Å². The highest BCUT2D eigenvalue weighted by Gasteiger charge is 2.06. The maximum absolute atomic E-state index is 12.5. The molecule has 3 aromatic rings. The highest BCUT2D eigenvalue weighted by molar-refractivity contribution is 9.10. The number of rotatable bonds is 12. The van der Waals surface area contributed by atoms with E-state index in [4.69, 9.17) is 14.2 Å². The van der Waals surface area contributed by atoms with Gasteiger partial charge in [0.15, 0.2) is 5.78 Å². The molecule has 0 unspecified atom stereocenters. The fraction of sp³-hybridized carbons (Fsp3) is 0.143. The average molecular weight is 521 g/mol. The van der Waals surface area contributed by atoms with Gasteiger partial charge in [0.25, 0.3) is 0 Å². The summed E-state index contributed by atoms with van der Waals surface area (Å²) in [7, 11) is 1.59. The molecule has 0 aromatic heterocycles.